The number of para-hydroxylation sites is 1. The summed E-state index contributed by atoms with van der Waals surface area (Å²) in [7, 11) is 0. The van der Waals surface area contributed by atoms with E-state index in [1.54, 1.807) is 0 Å². The van der Waals surface area contributed by atoms with E-state index in [1.807, 2.05) is 11.3 Å². The van der Waals surface area contributed by atoms with Crippen molar-refractivity contribution >= 4 is 94.0 Å². The summed E-state index contributed by atoms with van der Waals surface area (Å²) in [4.78, 5) is 5.56. The lowest BCUT2D eigenvalue weighted by Crippen LogP contribution is -2.60. The summed E-state index contributed by atoms with van der Waals surface area (Å²) in [5.74, 6) is 0. The van der Waals surface area contributed by atoms with Gasteiger partial charge in [0.2, 0.25) is 0 Å². The van der Waals surface area contributed by atoms with Crippen molar-refractivity contribution in [3.63, 3.8) is 0 Å². The van der Waals surface area contributed by atoms with Gasteiger partial charge in [0.05, 0.1) is 21.6 Å². The Labute approximate surface area is 406 Å². The van der Waals surface area contributed by atoms with Gasteiger partial charge < -0.3 is 14.4 Å². The van der Waals surface area contributed by atoms with Crippen LogP contribution in [0.2, 0.25) is 0 Å². The maximum absolute atomic E-state index is 2.85. The number of rotatable bonds is 2. The lowest BCUT2D eigenvalue weighted by Gasteiger charge is -2.51. The average Bonchev–Trinajstić information content (AvgIpc) is 4.00. The Hall–Kier alpha value is -6.04. The summed E-state index contributed by atoms with van der Waals surface area (Å²) < 4.78 is 5.42. The van der Waals surface area contributed by atoms with Crippen LogP contribution in [0.5, 0.6) is 0 Å². The van der Waals surface area contributed by atoms with Gasteiger partial charge in [-0.05, 0) is 111 Å². The summed E-state index contributed by atoms with van der Waals surface area (Å²) >= 11 is 1.94. The zero-order valence-corrected chi connectivity index (χ0v) is 42.2. The maximum atomic E-state index is 2.85. The van der Waals surface area contributed by atoms with Gasteiger partial charge in [-0.2, -0.15) is 0 Å². The molecule has 1 fully saturated rings. The Morgan fingerprint density at radius 3 is 2.07 bits per heavy atom. The first-order valence-corrected chi connectivity index (χ1v) is 26.1. The third-order valence-electron chi connectivity index (χ3n) is 18.0. The number of anilines is 5. The second kappa shape index (κ2) is 13.2. The van der Waals surface area contributed by atoms with Crippen molar-refractivity contribution in [3.05, 3.63) is 161 Å². The topological polar surface area (TPSA) is 11.4 Å². The molecule has 2 unspecified atom stereocenters. The summed E-state index contributed by atoms with van der Waals surface area (Å²) in [5.41, 5.74) is 23.0. The van der Waals surface area contributed by atoms with Crippen LogP contribution < -0.4 is 26.2 Å². The fraction of sp³-hybridized carbons (Fsp3) is 0.302. The molecule has 5 heterocycles. The van der Waals surface area contributed by atoms with Crippen LogP contribution in [-0.4, -0.2) is 16.8 Å². The molecule has 3 nitrogen and oxygen atoms in total. The first-order valence-electron chi connectivity index (χ1n) is 25.3. The van der Waals surface area contributed by atoms with Gasteiger partial charge in [0, 0.05) is 71.2 Å². The summed E-state index contributed by atoms with van der Waals surface area (Å²) in [5, 5.41) is 4.04. The molecular weight excluding hydrogens is 842 g/mol. The number of thiophene rings is 1. The largest absolute Gasteiger partial charge is 0.334 e. The number of hydrogen-bond acceptors (Lipinski definition) is 3. The molecule has 0 spiro atoms. The SMILES string of the molecule is CC(C)(C)c1ccc2c(c1)N(c1cccc3c1sc1ccccc13)c1cc(N3c4ccc(C(C)(C)C)cc4C4(C)CCCCC34C)cc3c1B2c1cccc2c4c(n-3c12)-c1ccccc1C4(C)C. The smallest absolute Gasteiger partial charge is 0.252 e. The van der Waals surface area contributed by atoms with E-state index in [4.69, 9.17) is 0 Å². The molecule has 336 valence electrons. The van der Waals surface area contributed by atoms with Crippen LogP contribution in [-0.2, 0) is 21.7 Å². The van der Waals surface area contributed by atoms with Gasteiger partial charge in [0.25, 0.3) is 6.71 Å². The van der Waals surface area contributed by atoms with Crippen LogP contribution in [0.1, 0.15) is 123 Å². The number of benzene rings is 7. The van der Waals surface area contributed by atoms with Crippen molar-refractivity contribution in [2.75, 3.05) is 9.80 Å². The number of aromatic nitrogens is 1. The average molecular weight is 902 g/mol. The normalized spacial score (nSPS) is 20.7. The Balaban J connectivity index is 1.16. The molecule has 0 bridgehead atoms. The minimum Gasteiger partial charge on any atom is -0.334 e. The Bertz CT molecular complexity index is 3700. The molecule has 0 saturated heterocycles. The van der Waals surface area contributed by atoms with Gasteiger partial charge >= 0.3 is 0 Å². The molecule has 2 aromatic heterocycles. The molecule has 5 aliphatic rings. The molecule has 7 aromatic carbocycles. The quantitative estimate of drug-likeness (QED) is 0.160. The highest BCUT2D eigenvalue weighted by Gasteiger charge is 2.58. The minimum absolute atomic E-state index is 0.00833. The standard InChI is InChI=1S/C63H60BN3S/c1-59(2,3)37-28-30-48-45(33-37)62(9)31-15-16-32-63(62,10)67(48)39-35-51-55-52(36-39)66-56-43(54-57(66)42-20-11-13-23-44(42)61(54,7)8)22-17-24-47(56)64(55)46-29-27-38(60(4,5)6)34-50(46)65(51)49-25-18-21-41-40-19-12-14-26-53(40)68-58(41)49/h11-14,17-30,33-36H,15-16,31-32H2,1-10H3. The van der Waals surface area contributed by atoms with E-state index in [-0.39, 0.29) is 33.9 Å². The van der Waals surface area contributed by atoms with E-state index in [0.717, 1.165) is 6.42 Å². The molecular formula is C63H60BN3S. The third-order valence-corrected chi connectivity index (χ3v) is 19.2. The predicted octanol–water partition coefficient (Wildman–Crippen LogP) is 15.3. The Morgan fingerprint density at radius 2 is 1.25 bits per heavy atom. The number of hydrogen-bond donors (Lipinski definition) is 0. The highest BCUT2D eigenvalue weighted by atomic mass is 32.1. The highest BCUT2D eigenvalue weighted by Crippen LogP contribution is 2.63. The van der Waals surface area contributed by atoms with Gasteiger partial charge in [0.15, 0.2) is 0 Å². The Morgan fingerprint density at radius 1 is 0.559 bits per heavy atom. The summed E-state index contributed by atoms with van der Waals surface area (Å²) in [6.45, 7) is 24.4. The van der Waals surface area contributed by atoms with Gasteiger partial charge in [-0.1, -0.05) is 172 Å². The number of fused-ring (bicyclic) bond motifs is 15. The molecule has 9 aromatic rings. The van der Waals surface area contributed by atoms with Crippen LogP contribution in [0, 0.1) is 0 Å². The molecule has 68 heavy (non-hydrogen) atoms. The van der Waals surface area contributed by atoms with Crippen molar-refractivity contribution in [2.24, 2.45) is 0 Å². The monoisotopic (exact) mass is 901 g/mol. The molecule has 14 rings (SSSR count). The predicted molar refractivity (Wildman–Crippen MR) is 293 cm³/mol. The molecule has 1 saturated carbocycles. The van der Waals surface area contributed by atoms with E-state index in [2.05, 4.69) is 217 Å². The van der Waals surface area contributed by atoms with Crippen LogP contribution in [0.25, 0.3) is 48.0 Å². The lowest BCUT2D eigenvalue weighted by molar-refractivity contribution is 0.195. The second-order valence-electron chi connectivity index (χ2n) is 24.0. The van der Waals surface area contributed by atoms with Gasteiger partial charge in [-0.25, -0.2) is 0 Å². The van der Waals surface area contributed by atoms with Crippen molar-refractivity contribution in [2.45, 2.75) is 122 Å². The molecule has 2 aliphatic carbocycles. The minimum atomic E-state index is -0.160. The maximum Gasteiger partial charge on any atom is 0.252 e. The zero-order chi connectivity index (χ0) is 46.6. The first kappa shape index (κ1) is 41.0. The van der Waals surface area contributed by atoms with Crippen molar-refractivity contribution < 1.29 is 0 Å². The molecule has 2 atom stereocenters. The molecule has 0 amide bonds. The molecule has 5 heteroatoms. The van der Waals surface area contributed by atoms with E-state index in [0.29, 0.717) is 0 Å². The molecule has 0 radical (unpaired) electrons. The fourth-order valence-corrected chi connectivity index (χ4v) is 15.5. The second-order valence-corrected chi connectivity index (χ2v) is 25.1. The summed E-state index contributed by atoms with van der Waals surface area (Å²) in [6, 6.07) is 52.9. The highest BCUT2D eigenvalue weighted by molar-refractivity contribution is 7.26. The van der Waals surface area contributed by atoms with Crippen molar-refractivity contribution in [1.82, 2.24) is 4.57 Å². The van der Waals surface area contributed by atoms with E-state index in [9.17, 15) is 0 Å². The van der Waals surface area contributed by atoms with E-state index >= 15 is 0 Å². The van der Waals surface area contributed by atoms with Crippen molar-refractivity contribution in [3.8, 4) is 16.9 Å². The fourth-order valence-electron chi connectivity index (χ4n) is 14.3. The first-order chi connectivity index (χ1) is 32.5. The molecule has 0 N–H and O–H groups in total. The zero-order valence-electron chi connectivity index (χ0n) is 41.4. The van der Waals surface area contributed by atoms with Gasteiger partial charge in [-0.15, -0.1) is 11.3 Å². The molecule has 3 aliphatic heterocycles. The van der Waals surface area contributed by atoms with Crippen LogP contribution in [0.15, 0.2) is 133 Å². The van der Waals surface area contributed by atoms with Gasteiger partial charge in [0.1, 0.15) is 0 Å². The number of nitrogens with zero attached hydrogens (tertiary/aromatic N) is 3. The van der Waals surface area contributed by atoms with E-state index < -0.39 is 0 Å². The third kappa shape index (κ3) is 5.01. The Kier molecular flexibility index (Phi) is 7.94. The van der Waals surface area contributed by atoms with Crippen LogP contribution >= 0.6 is 11.3 Å². The van der Waals surface area contributed by atoms with Crippen molar-refractivity contribution in [1.29, 1.82) is 0 Å². The van der Waals surface area contributed by atoms with Gasteiger partial charge in [-0.3, -0.25) is 0 Å². The summed E-state index contributed by atoms with van der Waals surface area (Å²) in [6.07, 6.45) is 4.83. The van der Waals surface area contributed by atoms with Crippen LogP contribution in [0.3, 0.4) is 0 Å². The van der Waals surface area contributed by atoms with Crippen LogP contribution in [0.4, 0.5) is 28.4 Å². The lowest BCUT2D eigenvalue weighted by atomic mass is 9.33. The van der Waals surface area contributed by atoms with E-state index in [1.165, 1.54) is 140 Å².